The number of benzene rings is 1. The molecule has 0 N–H and O–H groups in total. The second-order valence-electron chi connectivity index (χ2n) is 3.56. The fourth-order valence-electron chi connectivity index (χ4n) is 1.68. The van der Waals surface area contributed by atoms with E-state index in [0.717, 1.165) is 0 Å². The summed E-state index contributed by atoms with van der Waals surface area (Å²) in [4.78, 5) is 10.0. The van der Waals surface area contributed by atoms with Gasteiger partial charge < -0.3 is 0 Å². The molecule has 0 amide bonds. The van der Waals surface area contributed by atoms with E-state index < -0.39 is 0 Å². The minimum Gasteiger partial charge on any atom is -0.291 e. The van der Waals surface area contributed by atoms with E-state index in [4.69, 9.17) is 0 Å². The Hall–Kier alpha value is -1.37. The predicted molar refractivity (Wildman–Crippen MR) is 60.0 cm³/mol. The van der Waals surface area contributed by atoms with Gasteiger partial charge in [0.05, 0.1) is 0 Å². The van der Waals surface area contributed by atoms with Crippen LogP contribution in [-0.2, 0) is 4.79 Å². The molecule has 1 aromatic carbocycles. The summed E-state index contributed by atoms with van der Waals surface area (Å²) in [6.45, 7) is 6.27. The molecule has 0 unspecified atom stereocenters. The molecule has 0 aliphatic heterocycles. The molecule has 0 bridgehead atoms. The first kappa shape index (κ1) is 10.7. The van der Waals surface area contributed by atoms with E-state index >= 15 is 0 Å². The van der Waals surface area contributed by atoms with Gasteiger partial charge >= 0.3 is 0 Å². The molecule has 0 aliphatic carbocycles. The first-order valence-electron chi connectivity index (χ1n) is 4.74. The highest BCUT2D eigenvalue weighted by atomic mass is 16.1. The van der Waals surface area contributed by atoms with Crippen molar-refractivity contribution in [1.29, 1.82) is 0 Å². The lowest BCUT2D eigenvalue weighted by molar-refractivity contribution is 0.556. The topological polar surface area (TPSA) is 17.1 Å². The van der Waals surface area contributed by atoms with Gasteiger partial charge in [-0.2, -0.15) is 0 Å². The van der Waals surface area contributed by atoms with Crippen LogP contribution in [0.15, 0.2) is 18.2 Å². The van der Waals surface area contributed by atoms with Crippen LogP contribution in [0.1, 0.15) is 28.7 Å². The van der Waals surface area contributed by atoms with Gasteiger partial charge in [0.25, 0.3) is 0 Å². The molecular weight excluding hydrogens is 172 g/mol. The highest BCUT2D eigenvalue weighted by Gasteiger charge is 1.99. The van der Waals surface area contributed by atoms with Gasteiger partial charge in [0, 0.05) is 6.42 Å². The second-order valence-corrected chi connectivity index (χ2v) is 3.56. The van der Waals surface area contributed by atoms with Crippen LogP contribution in [0.3, 0.4) is 0 Å². The molecule has 1 aromatic rings. The maximum Gasteiger partial charge on any atom is 0.202 e. The lowest BCUT2D eigenvalue weighted by Crippen LogP contribution is -1.88. The lowest BCUT2D eigenvalue weighted by atomic mass is 9.99. The van der Waals surface area contributed by atoms with Crippen molar-refractivity contribution < 1.29 is 4.79 Å². The van der Waals surface area contributed by atoms with Gasteiger partial charge in [-0.15, -0.1) is 0 Å². The van der Waals surface area contributed by atoms with Crippen molar-refractivity contribution in [2.75, 3.05) is 0 Å². The average molecular weight is 187 g/mol. The van der Waals surface area contributed by atoms with E-state index in [-0.39, 0.29) is 0 Å². The fourth-order valence-corrected chi connectivity index (χ4v) is 1.68. The Balaban J connectivity index is 3.02. The molecule has 0 atom stereocenters. The van der Waals surface area contributed by atoms with Crippen LogP contribution in [0.2, 0.25) is 0 Å². The summed E-state index contributed by atoms with van der Waals surface area (Å²) in [7, 11) is 0. The lowest BCUT2D eigenvalue weighted by Gasteiger charge is -2.06. The molecule has 14 heavy (non-hydrogen) atoms. The van der Waals surface area contributed by atoms with Crippen LogP contribution in [0, 0.1) is 20.8 Å². The largest absolute Gasteiger partial charge is 0.291 e. The molecule has 0 saturated carbocycles. The fraction of sp³-hybridized carbons (Fsp3) is 0.308. The maximum absolute atomic E-state index is 10.0. The van der Waals surface area contributed by atoms with Crippen LogP contribution in [0.25, 0.3) is 6.08 Å². The van der Waals surface area contributed by atoms with Gasteiger partial charge in [-0.05, 0) is 37.5 Å². The van der Waals surface area contributed by atoms with Gasteiger partial charge in [0.2, 0.25) is 6.29 Å². The molecule has 0 heterocycles. The minimum atomic E-state index is 0.368. The summed E-state index contributed by atoms with van der Waals surface area (Å²) in [6.07, 6.45) is 6.06. The molecular formula is C13H15O. The average Bonchev–Trinajstić information content (AvgIpc) is 2.09. The number of hydrogen-bond acceptors (Lipinski definition) is 1. The van der Waals surface area contributed by atoms with Crippen molar-refractivity contribution in [3.63, 3.8) is 0 Å². The third-order valence-corrected chi connectivity index (χ3v) is 2.22. The highest BCUT2D eigenvalue weighted by Crippen LogP contribution is 2.17. The maximum atomic E-state index is 10.0. The predicted octanol–water partition coefficient (Wildman–Crippen LogP) is 3.12. The number of aryl methyl sites for hydroxylation is 3. The van der Waals surface area contributed by atoms with E-state index in [1.807, 2.05) is 18.4 Å². The van der Waals surface area contributed by atoms with Crippen molar-refractivity contribution in [3.8, 4) is 0 Å². The second kappa shape index (κ2) is 4.75. The van der Waals surface area contributed by atoms with Crippen molar-refractivity contribution in [1.82, 2.24) is 0 Å². The van der Waals surface area contributed by atoms with Crippen LogP contribution in [-0.4, -0.2) is 6.29 Å². The van der Waals surface area contributed by atoms with Crippen LogP contribution < -0.4 is 0 Å². The van der Waals surface area contributed by atoms with Gasteiger partial charge in [0.15, 0.2) is 0 Å². The quantitative estimate of drug-likeness (QED) is 0.710. The molecule has 0 aromatic heterocycles. The standard InChI is InChI=1S/C13H15O/c1-10-8-11(2)13(12(3)9-10)6-4-5-7-14/h4,6,8-9H,5H2,1-3H3. The van der Waals surface area contributed by atoms with Gasteiger partial charge in [-0.1, -0.05) is 29.8 Å². The van der Waals surface area contributed by atoms with Crippen molar-refractivity contribution in [2.45, 2.75) is 27.2 Å². The Bertz CT molecular complexity index is 338. The van der Waals surface area contributed by atoms with Crippen LogP contribution in [0.4, 0.5) is 0 Å². The normalized spacial score (nSPS) is 10.8. The molecule has 1 radical (unpaired) electrons. The highest BCUT2D eigenvalue weighted by molar-refractivity contribution is 5.62. The van der Waals surface area contributed by atoms with Crippen LogP contribution in [0.5, 0.6) is 0 Å². The monoisotopic (exact) mass is 187 g/mol. The number of rotatable bonds is 3. The van der Waals surface area contributed by atoms with E-state index in [2.05, 4.69) is 32.9 Å². The Morgan fingerprint density at radius 2 is 1.79 bits per heavy atom. The zero-order chi connectivity index (χ0) is 10.6. The van der Waals surface area contributed by atoms with Crippen molar-refractivity contribution >= 4 is 12.4 Å². The summed E-state index contributed by atoms with van der Waals surface area (Å²) in [5, 5.41) is 0. The summed E-state index contributed by atoms with van der Waals surface area (Å²) < 4.78 is 0. The minimum absolute atomic E-state index is 0.368. The molecule has 0 spiro atoms. The third kappa shape index (κ3) is 2.56. The molecule has 73 valence electrons. The Labute approximate surface area is 85.5 Å². The molecule has 0 saturated heterocycles. The van der Waals surface area contributed by atoms with E-state index in [0.29, 0.717) is 6.42 Å². The van der Waals surface area contributed by atoms with E-state index in [1.54, 1.807) is 0 Å². The van der Waals surface area contributed by atoms with E-state index in [9.17, 15) is 4.79 Å². The first-order chi connectivity index (χ1) is 6.65. The first-order valence-corrected chi connectivity index (χ1v) is 4.74. The molecule has 1 nitrogen and oxygen atoms in total. The smallest absolute Gasteiger partial charge is 0.202 e. The summed E-state index contributed by atoms with van der Waals surface area (Å²) in [5.74, 6) is 0. The SMILES string of the molecule is Cc1cc(C)c(C=CC[C]=O)c(C)c1. The zero-order valence-electron chi connectivity index (χ0n) is 8.92. The Morgan fingerprint density at radius 3 is 2.29 bits per heavy atom. The third-order valence-electron chi connectivity index (χ3n) is 2.22. The number of hydrogen-bond donors (Lipinski definition) is 0. The Kier molecular flexibility index (Phi) is 3.63. The Morgan fingerprint density at radius 1 is 1.21 bits per heavy atom. The van der Waals surface area contributed by atoms with Crippen molar-refractivity contribution in [2.24, 2.45) is 0 Å². The summed E-state index contributed by atoms with van der Waals surface area (Å²) in [6, 6.07) is 4.30. The number of carbonyl (C=O) groups excluding carboxylic acids is 1. The summed E-state index contributed by atoms with van der Waals surface area (Å²) in [5.41, 5.74) is 5.00. The molecule has 1 heteroatoms. The molecule has 1 rings (SSSR count). The van der Waals surface area contributed by atoms with Gasteiger partial charge in [-0.3, -0.25) is 4.79 Å². The van der Waals surface area contributed by atoms with Gasteiger partial charge in [-0.25, -0.2) is 0 Å². The zero-order valence-corrected chi connectivity index (χ0v) is 8.92. The molecule has 0 aliphatic rings. The van der Waals surface area contributed by atoms with Crippen LogP contribution >= 0.6 is 0 Å². The summed E-state index contributed by atoms with van der Waals surface area (Å²) >= 11 is 0. The number of allylic oxidation sites excluding steroid dienone is 1. The van der Waals surface area contributed by atoms with E-state index in [1.165, 1.54) is 22.3 Å². The van der Waals surface area contributed by atoms with Crippen molar-refractivity contribution in [3.05, 3.63) is 40.5 Å². The van der Waals surface area contributed by atoms with Gasteiger partial charge in [0.1, 0.15) is 0 Å². The molecule has 0 fully saturated rings.